The first-order valence-electron chi connectivity index (χ1n) is 8.42. The van der Waals surface area contributed by atoms with Crippen molar-refractivity contribution in [3.05, 3.63) is 82.4 Å². The SMILES string of the molecule is CC1=CCC(C(=O)NN=Cc2ccc(Cl)cc2)C(c2ccccc2)C1. The molecule has 1 aliphatic rings. The van der Waals surface area contributed by atoms with Gasteiger partial charge in [0.25, 0.3) is 0 Å². The first kappa shape index (κ1) is 17.4. The molecule has 0 aromatic heterocycles. The van der Waals surface area contributed by atoms with Gasteiger partial charge in [-0.3, -0.25) is 4.79 Å². The minimum Gasteiger partial charge on any atom is -0.273 e. The van der Waals surface area contributed by atoms with Gasteiger partial charge >= 0.3 is 0 Å². The maximum absolute atomic E-state index is 12.7. The van der Waals surface area contributed by atoms with Crippen LogP contribution in [0.15, 0.2) is 71.3 Å². The van der Waals surface area contributed by atoms with Crippen molar-refractivity contribution in [3.8, 4) is 0 Å². The number of nitrogens with one attached hydrogen (secondary N) is 1. The third-order valence-corrected chi connectivity index (χ3v) is 4.82. The van der Waals surface area contributed by atoms with E-state index in [0.717, 1.165) is 18.4 Å². The maximum Gasteiger partial charge on any atom is 0.244 e. The molecule has 0 radical (unpaired) electrons. The number of allylic oxidation sites excluding steroid dienone is 2. The maximum atomic E-state index is 12.7. The van der Waals surface area contributed by atoms with Gasteiger partial charge < -0.3 is 0 Å². The van der Waals surface area contributed by atoms with Crippen molar-refractivity contribution in [2.24, 2.45) is 11.0 Å². The highest BCUT2D eigenvalue weighted by Crippen LogP contribution is 2.37. The molecule has 1 amide bonds. The van der Waals surface area contributed by atoms with Gasteiger partial charge in [0.15, 0.2) is 0 Å². The Labute approximate surface area is 153 Å². The Morgan fingerprint density at radius 1 is 1.16 bits per heavy atom. The molecular weight excluding hydrogens is 332 g/mol. The molecule has 0 spiro atoms. The fourth-order valence-electron chi connectivity index (χ4n) is 3.21. The Hall–Kier alpha value is -2.39. The number of nitrogens with zero attached hydrogens (tertiary/aromatic N) is 1. The molecule has 1 aliphatic carbocycles. The van der Waals surface area contributed by atoms with E-state index in [4.69, 9.17) is 11.6 Å². The molecule has 0 saturated heterocycles. The summed E-state index contributed by atoms with van der Waals surface area (Å²) in [6, 6.07) is 17.6. The van der Waals surface area contributed by atoms with E-state index in [1.54, 1.807) is 18.3 Å². The lowest BCUT2D eigenvalue weighted by atomic mass is 9.75. The van der Waals surface area contributed by atoms with E-state index >= 15 is 0 Å². The Balaban J connectivity index is 1.69. The third-order valence-electron chi connectivity index (χ3n) is 4.57. The smallest absolute Gasteiger partial charge is 0.244 e. The van der Waals surface area contributed by atoms with Crippen LogP contribution in [0.4, 0.5) is 0 Å². The van der Waals surface area contributed by atoms with Gasteiger partial charge in [0.1, 0.15) is 0 Å². The van der Waals surface area contributed by atoms with E-state index in [1.165, 1.54) is 11.1 Å². The number of amides is 1. The summed E-state index contributed by atoms with van der Waals surface area (Å²) in [6.07, 6.45) is 5.44. The molecule has 25 heavy (non-hydrogen) atoms. The van der Waals surface area contributed by atoms with Gasteiger partial charge in [0.05, 0.1) is 12.1 Å². The number of benzene rings is 2. The van der Waals surface area contributed by atoms with Crippen LogP contribution >= 0.6 is 11.6 Å². The predicted molar refractivity (Wildman–Crippen MR) is 103 cm³/mol. The Bertz CT molecular complexity index is 781. The zero-order valence-corrected chi connectivity index (χ0v) is 14.9. The Kier molecular flexibility index (Phi) is 5.67. The minimum absolute atomic E-state index is 0.0391. The van der Waals surface area contributed by atoms with Gasteiger partial charge in [-0.25, -0.2) is 5.43 Å². The number of halogens is 1. The van der Waals surface area contributed by atoms with Gasteiger partial charge in [0.2, 0.25) is 5.91 Å². The monoisotopic (exact) mass is 352 g/mol. The van der Waals surface area contributed by atoms with E-state index in [9.17, 15) is 4.79 Å². The topological polar surface area (TPSA) is 41.5 Å². The molecule has 4 heteroatoms. The third kappa shape index (κ3) is 4.58. The molecule has 2 aromatic carbocycles. The predicted octanol–water partition coefficient (Wildman–Crippen LogP) is 4.93. The minimum atomic E-state index is -0.103. The second-order valence-corrected chi connectivity index (χ2v) is 6.84. The number of carbonyl (C=O) groups excluding carboxylic acids is 1. The second-order valence-electron chi connectivity index (χ2n) is 6.40. The summed E-state index contributed by atoms with van der Waals surface area (Å²) in [6.45, 7) is 2.13. The van der Waals surface area contributed by atoms with Crippen molar-refractivity contribution < 1.29 is 4.79 Å². The highest BCUT2D eigenvalue weighted by molar-refractivity contribution is 6.30. The van der Waals surface area contributed by atoms with E-state index < -0.39 is 0 Å². The summed E-state index contributed by atoms with van der Waals surface area (Å²) >= 11 is 5.86. The standard InChI is InChI=1S/C21H21ClN2O/c1-15-7-12-19(20(13-15)17-5-3-2-4-6-17)21(25)24-23-14-16-8-10-18(22)11-9-16/h2-11,14,19-20H,12-13H2,1H3,(H,24,25). The van der Waals surface area contributed by atoms with Crippen LogP contribution in [0.3, 0.4) is 0 Å². The Morgan fingerprint density at radius 3 is 2.60 bits per heavy atom. The number of hydrazone groups is 1. The van der Waals surface area contributed by atoms with Crippen LogP contribution in [0, 0.1) is 5.92 Å². The van der Waals surface area contributed by atoms with Crippen LogP contribution in [0.5, 0.6) is 0 Å². The lowest BCUT2D eigenvalue weighted by Crippen LogP contribution is -2.32. The normalized spacial score (nSPS) is 20.3. The summed E-state index contributed by atoms with van der Waals surface area (Å²) in [5.41, 5.74) is 6.13. The number of carbonyl (C=O) groups is 1. The summed E-state index contributed by atoms with van der Waals surface area (Å²) in [4.78, 5) is 12.7. The molecule has 128 valence electrons. The molecule has 2 unspecified atom stereocenters. The average Bonchev–Trinajstić information content (AvgIpc) is 2.64. The molecule has 0 bridgehead atoms. The van der Waals surface area contributed by atoms with Crippen LogP contribution < -0.4 is 5.43 Å². The van der Waals surface area contributed by atoms with Crippen LogP contribution in [0.25, 0.3) is 0 Å². The fraction of sp³-hybridized carbons (Fsp3) is 0.238. The summed E-state index contributed by atoms with van der Waals surface area (Å²) in [5.74, 6) is 0.0493. The zero-order chi connectivity index (χ0) is 17.6. The summed E-state index contributed by atoms with van der Waals surface area (Å²) in [7, 11) is 0. The van der Waals surface area contributed by atoms with Crippen molar-refractivity contribution in [2.45, 2.75) is 25.7 Å². The van der Waals surface area contributed by atoms with E-state index in [0.29, 0.717) is 5.02 Å². The van der Waals surface area contributed by atoms with Crippen LogP contribution in [0.1, 0.15) is 36.8 Å². The van der Waals surface area contributed by atoms with Crippen LogP contribution in [-0.4, -0.2) is 12.1 Å². The van der Waals surface area contributed by atoms with Crippen molar-refractivity contribution >= 4 is 23.7 Å². The van der Waals surface area contributed by atoms with Gasteiger partial charge in [0, 0.05) is 5.02 Å². The number of hydrogen-bond donors (Lipinski definition) is 1. The zero-order valence-electron chi connectivity index (χ0n) is 14.2. The average molecular weight is 353 g/mol. The van der Waals surface area contributed by atoms with Crippen molar-refractivity contribution in [3.63, 3.8) is 0 Å². The first-order chi connectivity index (χ1) is 12.1. The van der Waals surface area contributed by atoms with Gasteiger partial charge in [-0.15, -0.1) is 0 Å². The molecule has 0 fully saturated rings. The van der Waals surface area contributed by atoms with Crippen LogP contribution in [0.2, 0.25) is 5.02 Å². The Morgan fingerprint density at radius 2 is 1.88 bits per heavy atom. The lowest BCUT2D eigenvalue weighted by molar-refractivity contribution is -0.125. The highest BCUT2D eigenvalue weighted by atomic mass is 35.5. The number of hydrogen-bond acceptors (Lipinski definition) is 2. The van der Waals surface area contributed by atoms with Crippen LogP contribution in [-0.2, 0) is 4.79 Å². The van der Waals surface area contributed by atoms with Crippen molar-refractivity contribution in [1.29, 1.82) is 0 Å². The quantitative estimate of drug-likeness (QED) is 0.473. The summed E-state index contributed by atoms with van der Waals surface area (Å²) in [5, 5.41) is 4.78. The molecule has 3 nitrogen and oxygen atoms in total. The van der Waals surface area contributed by atoms with Gasteiger partial charge in [-0.1, -0.05) is 65.7 Å². The largest absolute Gasteiger partial charge is 0.273 e. The van der Waals surface area contributed by atoms with Gasteiger partial charge in [-0.2, -0.15) is 5.10 Å². The van der Waals surface area contributed by atoms with Crippen molar-refractivity contribution in [2.75, 3.05) is 0 Å². The van der Waals surface area contributed by atoms with E-state index in [1.807, 2.05) is 30.3 Å². The molecule has 0 saturated carbocycles. The van der Waals surface area contributed by atoms with Gasteiger partial charge in [-0.05, 0) is 48.9 Å². The lowest BCUT2D eigenvalue weighted by Gasteiger charge is -2.29. The molecule has 2 atom stereocenters. The molecule has 0 aliphatic heterocycles. The van der Waals surface area contributed by atoms with Crippen molar-refractivity contribution in [1.82, 2.24) is 5.43 Å². The number of rotatable bonds is 4. The van der Waals surface area contributed by atoms with E-state index in [2.05, 4.69) is 35.7 Å². The highest BCUT2D eigenvalue weighted by Gasteiger charge is 2.31. The fourth-order valence-corrected chi connectivity index (χ4v) is 3.33. The molecule has 3 rings (SSSR count). The molecule has 0 heterocycles. The summed E-state index contributed by atoms with van der Waals surface area (Å²) < 4.78 is 0. The molecule has 1 N–H and O–H groups in total. The van der Waals surface area contributed by atoms with E-state index in [-0.39, 0.29) is 17.7 Å². The molecule has 2 aromatic rings. The first-order valence-corrected chi connectivity index (χ1v) is 8.80. The second kappa shape index (κ2) is 8.13. The molecular formula is C21H21ClN2O.